The van der Waals surface area contributed by atoms with Crippen molar-refractivity contribution in [3.05, 3.63) is 6.58 Å². The van der Waals surface area contributed by atoms with Gasteiger partial charge in [-0.2, -0.15) is 4.58 Å². The maximum Gasteiger partial charge on any atom is 0.159 e. The van der Waals surface area contributed by atoms with Gasteiger partial charge >= 0.3 is 0 Å². The Balaban J connectivity index is 3.61. The van der Waals surface area contributed by atoms with Gasteiger partial charge in [0.05, 0.1) is 0 Å². The molecule has 0 aliphatic rings. The highest BCUT2D eigenvalue weighted by Crippen LogP contribution is 1.65. The van der Waals surface area contributed by atoms with Crippen LogP contribution < -0.4 is 0 Å². The van der Waals surface area contributed by atoms with Crippen LogP contribution in [0.25, 0.3) is 0 Å². The monoisotopic (exact) mass is 98.1 g/mol. The van der Waals surface area contributed by atoms with Gasteiger partial charge in [0.25, 0.3) is 0 Å². The summed E-state index contributed by atoms with van der Waals surface area (Å²) in [5.74, 6) is 2.78. The Hall–Kier alpha value is -0.550. The molecule has 0 saturated carbocycles. The van der Waals surface area contributed by atoms with Crippen molar-refractivity contribution < 1.29 is 4.58 Å². The van der Waals surface area contributed by atoms with Gasteiger partial charge in [0.2, 0.25) is 0 Å². The van der Waals surface area contributed by atoms with Crippen LogP contribution >= 0.6 is 0 Å². The summed E-state index contributed by atoms with van der Waals surface area (Å²) in [6, 6.07) is 0. The fourth-order valence-corrected chi connectivity index (χ4v) is 0.447. The SMILES string of the molecule is C=C=[N+](CC)CC. The van der Waals surface area contributed by atoms with Gasteiger partial charge in [-0.1, -0.05) is 0 Å². The molecule has 0 atom stereocenters. The van der Waals surface area contributed by atoms with E-state index in [0.717, 1.165) is 13.1 Å². The molecule has 0 aromatic carbocycles. The van der Waals surface area contributed by atoms with E-state index < -0.39 is 0 Å². The fourth-order valence-electron chi connectivity index (χ4n) is 0.447. The van der Waals surface area contributed by atoms with E-state index in [1.54, 1.807) is 0 Å². The normalized spacial score (nSPS) is 7.71. The lowest BCUT2D eigenvalue weighted by molar-refractivity contribution is -0.513. The van der Waals surface area contributed by atoms with Crippen LogP contribution in [0.1, 0.15) is 13.8 Å². The average molecular weight is 98.2 g/mol. The molecule has 0 unspecified atom stereocenters. The van der Waals surface area contributed by atoms with Crippen LogP contribution in [0, 0.1) is 0 Å². The molecule has 0 amide bonds. The molecular weight excluding hydrogens is 86.1 g/mol. The predicted molar refractivity (Wildman–Crippen MR) is 32.0 cm³/mol. The second kappa shape index (κ2) is 3.63. The number of hydrogen-bond donors (Lipinski definition) is 0. The molecule has 0 bridgehead atoms. The quantitative estimate of drug-likeness (QED) is 0.356. The van der Waals surface area contributed by atoms with Gasteiger partial charge < -0.3 is 0 Å². The topological polar surface area (TPSA) is 3.01 Å². The van der Waals surface area contributed by atoms with Gasteiger partial charge in [-0.05, 0) is 13.8 Å². The molecule has 0 aliphatic carbocycles. The van der Waals surface area contributed by atoms with Crippen molar-refractivity contribution in [2.45, 2.75) is 13.8 Å². The van der Waals surface area contributed by atoms with Gasteiger partial charge in [0.1, 0.15) is 13.1 Å². The van der Waals surface area contributed by atoms with Crippen molar-refractivity contribution in [3.8, 4) is 0 Å². The first-order valence-electron chi connectivity index (χ1n) is 2.62. The van der Waals surface area contributed by atoms with E-state index in [9.17, 15) is 0 Å². The summed E-state index contributed by atoms with van der Waals surface area (Å²) < 4.78 is 2.01. The minimum absolute atomic E-state index is 1.01. The fraction of sp³-hybridized carbons (Fsp3) is 0.667. The van der Waals surface area contributed by atoms with E-state index >= 15 is 0 Å². The maximum absolute atomic E-state index is 3.50. The van der Waals surface area contributed by atoms with E-state index in [4.69, 9.17) is 0 Å². The van der Waals surface area contributed by atoms with Gasteiger partial charge in [0, 0.05) is 6.58 Å². The van der Waals surface area contributed by atoms with Crippen molar-refractivity contribution in [1.29, 1.82) is 0 Å². The first-order valence-corrected chi connectivity index (χ1v) is 2.62. The van der Waals surface area contributed by atoms with Gasteiger partial charge in [0.15, 0.2) is 5.87 Å². The molecule has 0 aromatic heterocycles. The first-order chi connectivity index (χ1) is 3.35. The molecule has 0 fully saturated rings. The average Bonchev–Trinajstić information content (AvgIpc) is 1.72. The second-order valence-electron chi connectivity index (χ2n) is 1.33. The molecule has 0 radical (unpaired) electrons. The zero-order valence-electron chi connectivity index (χ0n) is 5.07. The minimum atomic E-state index is 1.01. The summed E-state index contributed by atoms with van der Waals surface area (Å²) in [4.78, 5) is 0. The molecule has 0 rings (SSSR count). The summed E-state index contributed by atoms with van der Waals surface area (Å²) in [6.45, 7) is 9.70. The summed E-state index contributed by atoms with van der Waals surface area (Å²) in [5.41, 5.74) is 0. The predicted octanol–water partition coefficient (Wildman–Crippen LogP) is 0.894. The maximum atomic E-state index is 3.50. The third kappa shape index (κ3) is 2.18. The molecular formula is C6H12N+. The van der Waals surface area contributed by atoms with Gasteiger partial charge in [-0.25, -0.2) is 0 Å². The molecule has 0 aliphatic heterocycles. The lowest BCUT2D eigenvalue weighted by Gasteiger charge is -1.85. The van der Waals surface area contributed by atoms with Crippen molar-refractivity contribution in [2.24, 2.45) is 0 Å². The van der Waals surface area contributed by atoms with Gasteiger partial charge in [-0.15, -0.1) is 0 Å². The van der Waals surface area contributed by atoms with Crippen molar-refractivity contribution in [2.75, 3.05) is 13.1 Å². The molecule has 0 aromatic rings. The molecule has 0 heterocycles. The van der Waals surface area contributed by atoms with Crippen LogP contribution in [0.4, 0.5) is 0 Å². The Kier molecular flexibility index (Phi) is 3.35. The minimum Gasteiger partial charge on any atom is -0.189 e. The van der Waals surface area contributed by atoms with Crippen molar-refractivity contribution >= 4 is 5.87 Å². The van der Waals surface area contributed by atoms with E-state index in [1.165, 1.54) is 0 Å². The van der Waals surface area contributed by atoms with Crippen LogP contribution in [-0.4, -0.2) is 23.5 Å². The van der Waals surface area contributed by atoms with Crippen LogP contribution in [-0.2, 0) is 0 Å². The van der Waals surface area contributed by atoms with E-state index in [-0.39, 0.29) is 0 Å². The largest absolute Gasteiger partial charge is 0.189 e. The standard InChI is InChI=1S/C6H12N/c1-4-7(5-2)6-3/h1,5-6H2,2-3H3/q+1. The molecule has 0 spiro atoms. The number of rotatable bonds is 2. The first kappa shape index (κ1) is 6.45. The van der Waals surface area contributed by atoms with Crippen LogP contribution in [0.3, 0.4) is 0 Å². The number of nitrogens with zero attached hydrogens (tertiary/aromatic N) is 1. The highest BCUT2D eigenvalue weighted by molar-refractivity contribution is 5.39. The Labute approximate surface area is 45.0 Å². The highest BCUT2D eigenvalue weighted by atomic mass is 15.0. The van der Waals surface area contributed by atoms with E-state index in [1.807, 2.05) is 4.58 Å². The molecule has 7 heavy (non-hydrogen) atoms. The Morgan fingerprint density at radius 1 is 1.43 bits per heavy atom. The Bertz CT molecular complexity index is 82.4. The lowest BCUT2D eigenvalue weighted by Crippen LogP contribution is -2.07. The highest BCUT2D eigenvalue weighted by Gasteiger charge is 1.86. The van der Waals surface area contributed by atoms with Crippen molar-refractivity contribution in [3.63, 3.8) is 0 Å². The molecule has 1 nitrogen and oxygen atoms in total. The van der Waals surface area contributed by atoms with E-state index in [0.29, 0.717) is 0 Å². The van der Waals surface area contributed by atoms with Crippen LogP contribution in [0.5, 0.6) is 0 Å². The van der Waals surface area contributed by atoms with Crippen LogP contribution in [0.15, 0.2) is 6.58 Å². The summed E-state index contributed by atoms with van der Waals surface area (Å²) >= 11 is 0. The Morgan fingerprint density at radius 3 is 1.86 bits per heavy atom. The smallest absolute Gasteiger partial charge is 0.159 e. The lowest BCUT2D eigenvalue weighted by atomic mass is 10.6. The second-order valence-corrected chi connectivity index (χ2v) is 1.33. The third-order valence-corrected chi connectivity index (χ3v) is 0.987. The zero-order valence-corrected chi connectivity index (χ0v) is 5.07. The van der Waals surface area contributed by atoms with Crippen LogP contribution in [0.2, 0.25) is 0 Å². The summed E-state index contributed by atoms with van der Waals surface area (Å²) in [5, 5.41) is 0. The van der Waals surface area contributed by atoms with Gasteiger partial charge in [-0.3, -0.25) is 0 Å². The molecule has 40 valence electrons. The van der Waals surface area contributed by atoms with E-state index in [2.05, 4.69) is 26.3 Å². The summed E-state index contributed by atoms with van der Waals surface area (Å²) in [6.07, 6.45) is 0. The number of hydrogen-bond acceptors (Lipinski definition) is 0. The molecule has 0 N–H and O–H groups in total. The molecule has 1 heteroatoms. The third-order valence-electron chi connectivity index (χ3n) is 0.987. The zero-order chi connectivity index (χ0) is 5.70. The molecule has 0 saturated heterocycles. The summed E-state index contributed by atoms with van der Waals surface area (Å²) in [7, 11) is 0. The van der Waals surface area contributed by atoms with Crippen molar-refractivity contribution in [1.82, 2.24) is 0 Å². The Morgan fingerprint density at radius 2 is 1.86 bits per heavy atom.